The Kier molecular flexibility index (Phi) is 6.34. The third-order valence-corrected chi connectivity index (χ3v) is 4.78. The van der Waals surface area contributed by atoms with Gasteiger partial charge in [-0.1, -0.05) is 44.2 Å². The predicted octanol–water partition coefficient (Wildman–Crippen LogP) is 3.34. The molecular formula is C19H27F3N2O2. The van der Waals surface area contributed by atoms with Crippen LogP contribution in [0.25, 0.3) is 0 Å². The first-order valence-corrected chi connectivity index (χ1v) is 8.72. The van der Waals surface area contributed by atoms with Crippen molar-refractivity contribution in [2.75, 3.05) is 33.2 Å². The largest absolute Gasteiger partial charge is 0.481 e. The Morgan fingerprint density at radius 1 is 1.23 bits per heavy atom. The van der Waals surface area contributed by atoms with Crippen molar-refractivity contribution < 1.29 is 23.1 Å². The molecule has 1 fully saturated rings. The minimum Gasteiger partial charge on any atom is -0.481 e. The molecule has 0 amide bonds. The number of hydrogen-bond donors (Lipinski definition) is 1. The molecule has 0 unspecified atom stereocenters. The molecule has 0 aromatic heterocycles. The monoisotopic (exact) mass is 372 g/mol. The van der Waals surface area contributed by atoms with Crippen LogP contribution < -0.4 is 0 Å². The van der Waals surface area contributed by atoms with Crippen LogP contribution in [0.4, 0.5) is 13.2 Å². The van der Waals surface area contributed by atoms with Crippen molar-refractivity contribution in [2.24, 2.45) is 17.3 Å². The van der Waals surface area contributed by atoms with Crippen LogP contribution >= 0.6 is 0 Å². The lowest BCUT2D eigenvalue weighted by molar-refractivity contribution is -0.188. The van der Waals surface area contributed by atoms with Gasteiger partial charge in [-0.25, -0.2) is 0 Å². The lowest BCUT2D eigenvalue weighted by atomic mass is 9.92. The molecule has 1 heterocycles. The molecule has 1 aliphatic heterocycles. The number of aliphatic carboxylic acids is 1. The minimum absolute atomic E-state index is 0.0503. The first-order valence-electron chi connectivity index (χ1n) is 8.72. The molecule has 0 spiro atoms. The standard InChI is InChI=1S/C19H27F3N2O2/c1-18(2,12-23(3)9-14-7-5-4-6-8-14)13-24-10-15(17(25)26)16(11-24)19(20,21)22/h4-8,15-16H,9-13H2,1-3H3,(H,25,26)/t15-,16-/m1/s1. The Balaban J connectivity index is 1.94. The number of carbonyl (C=O) groups is 1. The van der Waals surface area contributed by atoms with Crippen molar-refractivity contribution in [2.45, 2.75) is 26.6 Å². The van der Waals surface area contributed by atoms with Gasteiger partial charge in [0.25, 0.3) is 0 Å². The average molecular weight is 372 g/mol. The van der Waals surface area contributed by atoms with Gasteiger partial charge in [0.15, 0.2) is 0 Å². The first kappa shape index (κ1) is 20.7. The van der Waals surface area contributed by atoms with Gasteiger partial charge in [0, 0.05) is 32.7 Å². The summed E-state index contributed by atoms with van der Waals surface area (Å²) in [5.74, 6) is -4.54. The molecule has 1 aromatic carbocycles. The third-order valence-electron chi connectivity index (χ3n) is 4.78. The molecule has 0 aliphatic carbocycles. The highest BCUT2D eigenvalue weighted by Gasteiger charge is 2.52. The van der Waals surface area contributed by atoms with E-state index in [9.17, 15) is 18.0 Å². The summed E-state index contributed by atoms with van der Waals surface area (Å²) >= 11 is 0. The van der Waals surface area contributed by atoms with Crippen molar-refractivity contribution in [3.63, 3.8) is 0 Å². The second-order valence-electron chi connectivity index (χ2n) is 8.11. The molecule has 1 aliphatic rings. The summed E-state index contributed by atoms with van der Waals surface area (Å²) in [5, 5.41) is 9.14. The Labute approximate surface area is 152 Å². The molecule has 0 radical (unpaired) electrons. The highest BCUT2D eigenvalue weighted by Crippen LogP contribution is 2.38. The maximum absolute atomic E-state index is 13.1. The third kappa shape index (κ3) is 5.71. The first-order chi connectivity index (χ1) is 12.0. The van der Waals surface area contributed by atoms with Gasteiger partial charge >= 0.3 is 12.1 Å². The second kappa shape index (κ2) is 7.96. The van der Waals surface area contributed by atoms with E-state index in [0.29, 0.717) is 13.1 Å². The zero-order chi connectivity index (χ0) is 19.5. The fourth-order valence-corrected chi connectivity index (χ4v) is 3.93. The SMILES string of the molecule is CN(Cc1ccccc1)CC(C)(C)CN1C[C@@H](C(F)(F)F)[C@H](C(=O)O)C1. The summed E-state index contributed by atoms with van der Waals surface area (Å²) < 4.78 is 39.4. The van der Waals surface area contributed by atoms with Gasteiger partial charge < -0.3 is 14.9 Å². The predicted molar refractivity (Wildman–Crippen MR) is 93.7 cm³/mol. The van der Waals surface area contributed by atoms with Gasteiger partial charge in [0.2, 0.25) is 0 Å². The summed E-state index contributed by atoms with van der Waals surface area (Å²) in [4.78, 5) is 15.0. The van der Waals surface area contributed by atoms with E-state index in [-0.39, 0.29) is 18.5 Å². The van der Waals surface area contributed by atoms with Crippen LogP contribution in [0, 0.1) is 17.3 Å². The number of rotatable bonds is 7. The van der Waals surface area contributed by atoms with Crippen molar-refractivity contribution in [1.29, 1.82) is 0 Å². The summed E-state index contributed by atoms with van der Waals surface area (Å²) in [7, 11) is 1.98. The van der Waals surface area contributed by atoms with Gasteiger partial charge in [-0.05, 0) is 18.0 Å². The summed E-state index contributed by atoms with van der Waals surface area (Å²) in [6.07, 6.45) is -4.48. The minimum atomic E-state index is -4.48. The van der Waals surface area contributed by atoms with Crippen LogP contribution in [-0.2, 0) is 11.3 Å². The smallest absolute Gasteiger partial charge is 0.393 e. The average Bonchev–Trinajstić information content (AvgIpc) is 2.91. The van der Waals surface area contributed by atoms with Crippen molar-refractivity contribution >= 4 is 5.97 Å². The molecule has 2 atom stereocenters. The van der Waals surface area contributed by atoms with Crippen molar-refractivity contribution in [1.82, 2.24) is 9.80 Å². The van der Waals surface area contributed by atoms with Crippen LogP contribution in [0.15, 0.2) is 30.3 Å². The fraction of sp³-hybridized carbons (Fsp3) is 0.632. The fourth-order valence-electron chi connectivity index (χ4n) is 3.93. The number of hydrogen-bond acceptors (Lipinski definition) is 3. The zero-order valence-corrected chi connectivity index (χ0v) is 15.5. The number of nitrogens with zero attached hydrogens (tertiary/aromatic N) is 2. The lowest BCUT2D eigenvalue weighted by Crippen LogP contribution is -2.40. The molecule has 146 valence electrons. The van der Waals surface area contributed by atoms with Crippen molar-refractivity contribution in [3.05, 3.63) is 35.9 Å². The highest BCUT2D eigenvalue weighted by molar-refractivity contribution is 5.71. The number of carboxylic acids is 1. The van der Waals surface area contributed by atoms with E-state index in [1.807, 2.05) is 51.2 Å². The Morgan fingerprint density at radius 2 is 1.85 bits per heavy atom. The molecule has 7 heteroatoms. The maximum Gasteiger partial charge on any atom is 0.393 e. The lowest BCUT2D eigenvalue weighted by Gasteiger charge is -2.34. The van der Waals surface area contributed by atoms with Crippen LogP contribution in [0.5, 0.6) is 0 Å². The number of carboxylic acid groups (broad SMARTS) is 1. The van der Waals surface area contributed by atoms with E-state index < -0.39 is 24.0 Å². The zero-order valence-electron chi connectivity index (χ0n) is 15.5. The normalized spacial score (nSPS) is 22.1. The molecule has 1 aromatic rings. The van der Waals surface area contributed by atoms with E-state index in [1.54, 1.807) is 4.90 Å². The molecule has 2 rings (SSSR count). The number of likely N-dealkylation sites (tertiary alicyclic amines) is 1. The topological polar surface area (TPSA) is 43.8 Å². The van der Waals surface area contributed by atoms with E-state index in [2.05, 4.69) is 4.90 Å². The quantitative estimate of drug-likeness (QED) is 0.797. The van der Waals surface area contributed by atoms with E-state index in [0.717, 1.165) is 6.54 Å². The maximum atomic E-state index is 13.1. The number of benzene rings is 1. The van der Waals surface area contributed by atoms with Crippen LogP contribution in [0.3, 0.4) is 0 Å². The summed E-state index contributed by atoms with van der Waals surface area (Å²) in [6, 6.07) is 9.98. The molecule has 0 saturated carbocycles. The molecule has 4 nitrogen and oxygen atoms in total. The molecular weight excluding hydrogens is 345 g/mol. The summed E-state index contributed by atoms with van der Waals surface area (Å²) in [6.45, 7) is 5.61. The van der Waals surface area contributed by atoms with Gasteiger partial charge in [-0.3, -0.25) is 4.79 Å². The molecule has 26 heavy (non-hydrogen) atoms. The van der Waals surface area contributed by atoms with Crippen LogP contribution in [-0.4, -0.2) is 60.3 Å². The van der Waals surface area contributed by atoms with Crippen LogP contribution in [0.1, 0.15) is 19.4 Å². The molecule has 0 bridgehead atoms. The Hall–Kier alpha value is -1.60. The van der Waals surface area contributed by atoms with Crippen molar-refractivity contribution in [3.8, 4) is 0 Å². The Morgan fingerprint density at radius 3 is 2.35 bits per heavy atom. The van der Waals surface area contributed by atoms with E-state index >= 15 is 0 Å². The summed E-state index contributed by atoms with van der Waals surface area (Å²) in [5.41, 5.74) is 0.919. The number of alkyl halides is 3. The van der Waals surface area contributed by atoms with E-state index in [1.165, 1.54) is 5.56 Å². The molecule has 1 saturated heterocycles. The van der Waals surface area contributed by atoms with E-state index in [4.69, 9.17) is 5.11 Å². The molecule has 1 N–H and O–H groups in total. The van der Waals surface area contributed by atoms with Gasteiger partial charge in [-0.15, -0.1) is 0 Å². The highest BCUT2D eigenvalue weighted by atomic mass is 19.4. The second-order valence-corrected chi connectivity index (χ2v) is 8.11. The Bertz CT molecular complexity index is 605. The van der Waals surface area contributed by atoms with Gasteiger partial charge in [0.05, 0.1) is 11.8 Å². The van der Waals surface area contributed by atoms with Crippen LogP contribution in [0.2, 0.25) is 0 Å². The number of halogens is 3. The van der Waals surface area contributed by atoms with Gasteiger partial charge in [-0.2, -0.15) is 13.2 Å². The van der Waals surface area contributed by atoms with Gasteiger partial charge in [0.1, 0.15) is 0 Å².